The molecule has 0 unspecified atom stereocenters. The molecule has 2 rings (SSSR count). The number of nitrogens with one attached hydrogen (secondary N) is 2. The quantitative estimate of drug-likeness (QED) is 0.565. The summed E-state index contributed by atoms with van der Waals surface area (Å²) >= 11 is 3.13. The average molecular weight is 477 g/mol. The fourth-order valence-corrected chi connectivity index (χ4v) is 2.78. The van der Waals surface area contributed by atoms with E-state index in [0.29, 0.717) is 4.47 Å². The van der Waals surface area contributed by atoms with Crippen molar-refractivity contribution < 1.29 is 31.9 Å². The number of hydrogen-bond acceptors (Lipinski definition) is 3. The molecule has 0 aromatic heterocycles. The highest BCUT2D eigenvalue weighted by Crippen LogP contribution is 2.35. The molecule has 0 aliphatic rings. The molecule has 29 heavy (non-hydrogen) atoms. The van der Waals surface area contributed by atoms with Gasteiger partial charge in [-0.2, -0.15) is 13.2 Å². The van der Waals surface area contributed by atoms with Gasteiger partial charge in [0.25, 0.3) is 5.91 Å². The molecule has 0 saturated heterocycles. The third-order valence-corrected chi connectivity index (χ3v) is 4.38. The first-order valence-corrected chi connectivity index (χ1v) is 9.28. The minimum atomic E-state index is -4.57. The summed E-state index contributed by atoms with van der Waals surface area (Å²) in [7, 11) is 0. The SMILES string of the molecule is CCOc1ccc(C(F)(F)F)cc1NC(=O)CCNC(=O)c1cc(F)ccc1Br. The fourth-order valence-electron chi connectivity index (χ4n) is 2.35. The van der Waals surface area contributed by atoms with Crippen molar-refractivity contribution in [1.29, 1.82) is 0 Å². The van der Waals surface area contributed by atoms with E-state index in [1.807, 2.05) is 0 Å². The lowest BCUT2D eigenvalue weighted by Gasteiger charge is -2.15. The van der Waals surface area contributed by atoms with Crippen LogP contribution in [0.25, 0.3) is 0 Å². The highest BCUT2D eigenvalue weighted by molar-refractivity contribution is 9.10. The minimum absolute atomic E-state index is 0.0573. The van der Waals surface area contributed by atoms with Crippen LogP contribution >= 0.6 is 15.9 Å². The van der Waals surface area contributed by atoms with Gasteiger partial charge in [-0.3, -0.25) is 9.59 Å². The molecule has 156 valence electrons. The van der Waals surface area contributed by atoms with Crippen LogP contribution in [0.2, 0.25) is 0 Å². The molecule has 2 amide bonds. The van der Waals surface area contributed by atoms with E-state index in [9.17, 15) is 27.2 Å². The molecular weight excluding hydrogens is 460 g/mol. The Hall–Kier alpha value is -2.62. The van der Waals surface area contributed by atoms with Crippen molar-refractivity contribution in [2.45, 2.75) is 19.5 Å². The lowest BCUT2D eigenvalue weighted by molar-refractivity contribution is -0.137. The molecule has 0 atom stereocenters. The van der Waals surface area contributed by atoms with Crippen molar-refractivity contribution in [3.63, 3.8) is 0 Å². The van der Waals surface area contributed by atoms with E-state index in [2.05, 4.69) is 26.6 Å². The largest absolute Gasteiger partial charge is 0.492 e. The molecule has 5 nitrogen and oxygen atoms in total. The summed E-state index contributed by atoms with van der Waals surface area (Å²) < 4.78 is 57.6. The smallest absolute Gasteiger partial charge is 0.416 e. The van der Waals surface area contributed by atoms with Crippen molar-refractivity contribution in [2.24, 2.45) is 0 Å². The number of halogens is 5. The van der Waals surface area contributed by atoms with Crippen LogP contribution in [0, 0.1) is 5.82 Å². The molecular formula is C19H17BrF4N2O3. The highest BCUT2D eigenvalue weighted by atomic mass is 79.9. The Kier molecular flexibility index (Phi) is 7.60. The van der Waals surface area contributed by atoms with Gasteiger partial charge in [-0.25, -0.2) is 4.39 Å². The van der Waals surface area contributed by atoms with Gasteiger partial charge in [0.2, 0.25) is 5.91 Å². The molecule has 0 heterocycles. The second kappa shape index (κ2) is 9.73. The third kappa shape index (κ3) is 6.45. The zero-order valence-electron chi connectivity index (χ0n) is 15.2. The normalized spacial score (nSPS) is 11.1. The number of alkyl halides is 3. The van der Waals surface area contributed by atoms with E-state index >= 15 is 0 Å². The van der Waals surface area contributed by atoms with E-state index in [-0.39, 0.29) is 36.6 Å². The lowest BCUT2D eigenvalue weighted by Crippen LogP contribution is -2.28. The predicted molar refractivity (Wildman–Crippen MR) is 102 cm³/mol. The van der Waals surface area contributed by atoms with Crippen LogP contribution in [-0.4, -0.2) is 25.0 Å². The Labute approximate surface area is 172 Å². The minimum Gasteiger partial charge on any atom is -0.492 e. The number of hydrogen-bond donors (Lipinski definition) is 2. The summed E-state index contributed by atoms with van der Waals surface area (Å²) in [6.07, 6.45) is -4.78. The van der Waals surface area contributed by atoms with E-state index in [1.165, 1.54) is 12.1 Å². The van der Waals surface area contributed by atoms with Crippen LogP contribution in [0.5, 0.6) is 5.75 Å². The number of carbonyl (C=O) groups excluding carboxylic acids is 2. The van der Waals surface area contributed by atoms with E-state index in [4.69, 9.17) is 4.74 Å². The molecule has 0 saturated carbocycles. The van der Waals surface area contributed by atoms with Crippen molar-refractivity contribution in [3.8, 4) is 5.75 Å². The molecule has 2 N–H and O–H groups in total. The first-order valence-electron chi connectivity index (χ1n) is 8.49. The van der Waals surface area contributed by atoms with Gasteiger partial charge in [-0.1, -0.05) is 0 Å². The highest BCUT2D eigenvalue weighted by Gasteiger charge is 2.31. The molecule has 0 aliphatic heterocycles. The summed E-state index contributed by atoms with van der Waals surface area (Å²) in [6.45, 7) is 1.76. The second-order valence-electron chi connectivity index (χ2n) is 5.82. The van der Waals surface area contributed by atoms with Crippen LogP contribution in [-0.2, 0) is 11.0 Å². The molecule has 0 aliphatic carbocycles. The van der Waals surface area contributed by atoms with Crippen LogP contribution < -0.4 is 15.4 Å². The van der Waals surface area contributed by atoms with Gasteiger partial charge in [0.15, 0.2) is 0 Å². The Balaban J connectivity index is 2.00. The first-order chi connectivity index (χ1) is 13.6. The molecule has 2 aromatic carbocycles. The molecule has 0 radical (unpaired) electrons. The molecule has 10 heteroatoms. The number of amides is 2. The second-order valence-corrected chi connectivity index (χ2v) is 6.67. The lowest BCUT2D eigenvalue weighted by atomic mass is 10.1. The monoisotopic (exact) mass is 476 g/mol. The standard InChI is InChI=1S/C19H17BrF4N2O3/c1-2-29-16-6-3-11(19(22,23)24)9-15(16)26-17(27)7-8-25-18(28)13-10-12(21)4-5-14(13)20/h3-6,9-10H,2,7-8H2,1H3,(H,25,28)(H,26,27). The van der Waals surface area contributed by atoms with Gasteiger partial charge in [-0.15, -0.1) is 0 Å². The van der Waals surface area contributed by atoms with Crippen LogP contribution in [0.1, 0.15) is 29.3 Å². The summed E-state index contributed by atoms with van der Waals surface area (Å²) in [5.41, 5.74) is -0.992. The van der Waals surface area contributed by atoms with Crippen molar-refractivity contribution in [2.75, 3.05) is 18.5 Å². The van der Waals surface area contributed by atoms with Gasteiger partial charge in [-0.05, 0) is 59.3 Å². The average Bonchev–Trinajstić information content (AvgIpc) is 2.64. The van der Waals surface area contributed by atoms with E-state index < -0.39 is 29.4 Å². The van der Waals surface area contributed by atoms with Crippen LogP contribution in [0.15, 0.2) is 40.9 Å². The summed E-state index contributed by atoms with van der Waals surface area (Å²) in [6, 6.07) is 6.36. The number of carbonyl (C=O) groups is 2. The summed E-state index contributed by atoms with van der Waals surface area (Å²) in [5.74, 6) is -1.71. The maximum absolute atomic E-state index is 13.3. The summed E-state index contributed by atoms with van der Waals surface area (Å²) in [4.78, 5) is 24.2. The Morgan fingerprint density at radius 1 is 1.14 bits per heavy atom. The maximum Gasteiger partial charge on any atom is 0.416 e. The van der Waals surface area contributed by atoms with Crippen molar-refractivity contribution >= 4 is 33.4 Å². The molecule has 0 spiro atoms. The van der Waals surface area contributed by atoms with Gasteiger partial charge in [0, 0.05) is 17.4 Å². The zero-order valence-corrected chi connectivity index (χ0v) is 16.8. The van der Waals surface area contributed by atoms with E-state index in [1.54, 1.807) is 6.92 Å². The number of benzene rings is 2. The first kappa shape index (κ1) is 22.7. The molecule has 2 aromatic rings. The zero-order chi connectivity index (χ0) is 21.6. The Morgan fingerprint density at radius 2 is 1.86 bits per heavy atom. The third-order valence-electron chi connectivity index (χ3n) is 3.69. The van der Waals surface area contributed by atoms with E-state index in [0.717, 1.165) is 24.3 Å². The van der Waals surface area contributed by atoms with Gasteiger partial charge < -0.3 is 15.4 Å². The van der Waals surface area contributed by atoms with Crippen molar-refractivity contribution in [1.82, 2.24) is 5.32 Å². The Morgan fingerprint density at radius 3 is 2.52 bits per heavy atom. The summed E-state index contributed by atoms with van der Waals surface area (Å²) in [5, 5.41) is 4.81. The van der Waals surface area contributed by atoms with Gasteiger partial charge in [0.05, 0.1) is 23.4 Å². The number of ether oxygens (including phenoxy) is 1. The predicted octanol–water partition coefficient (Wildman–Crippen LogP) is 4.76. The van der Waals surface area contributed by atoms with Crippen LogP contribution in [0.3, 0.4) is 0 Å². The fraction of sp³-hybridized carbons (Fsp3) is 0.263. The van der Waals surface area contributed by atoms with Crippen molar-refractivity contribution in [3.05, 3.63) is 57.8 Å². The molecule has 0 bridgehead atoms. The number of anilines is 1. The topological polar surface area (TPSA) is 67.4 Å². The maximum atomic E-state index is 13.3. The van der Waals surface area contributed by atoms with Crippen LogP contribution in [0.4, 0.5) is 23.2 Å². The van der Waals surface area contributed by atoms with Gasteiger partial charge in [0.1, 0.15) is 11.6 Å². The Bertz CT molecular complexity index is 904. The number of rotatable bonds is 7. The molecule has 0 fully saturated rings. The van der Waals surface area contributed by atoms with Gasteiger partial charge >= 0.3 is 6.18 Å².